The number of nitrogens with zero attached hydrogens (tertiary/aromatic N) is 1. The quantitative estimate of drug-likeness (QED) is 0.772. The lowest BCUT2D eigenvalue weighted by Crippen LogP contribution is -2.37. The lowest BCUT2D eigenvalue weighted by Gasteiger charge is -2.14. The number of benzene rings is 1. The molecule has 5 nitrogen and oxygen atoms in total. The molecule has 1 aromatic heterocycles. The van der Waals surface area contributed by atoms with E-state index < -0.39 is 0 Å². The number of hydrogen-bond acceptors (Lipinski definition) is 3. The van der Waals surface area contributed by atoms with Crippen molar-refractivity contribution in [3.63, 3.8) is 0 Å². The zero-order chi connectivity index (χ0) is 16.5. The molecule has 2 amide bonds. The monoisotopic (exact) mass is 313 g/mol. The van der Waals surface area contributed by atoms with Crippen molar-refractivity contribution >= 4 is 6.03 Å². The Morgan fingerprint density at radius 1 is 1.22 bits per heavy atom. The minimum absolute atomic E-state index is 0.113. The molecule has 23 heavy (non-hydrogen) atoms. The fraction of sp³-hybridized carbons (Fsp3) is 0.333. The Kier molecular flexibility index (Phi) is 6.41. The molecule has 0 fully saturated rings. The van der Waals surface area contributed by atoms with E-state index in [0.717, 1.165) is 24.3 Å². The van der Waals surface area contributed by atoms with E-state index in [1.165, 1.54) is 5.56 Å². The number of nitrogens with one attached hydrogen (secondary N) is 2. The number of carbonyl (C=O) groups excluding carboxylic acids is 1. The van der Waals surface area contributed by atoms with Gasteiger partial charge in [-0.1, -0.05) is 18.2 Å². The third kappa shape index (κ3) is 5.62. The maximum Gasteiger partial charge on any atom is 0.315 e. The van der Waals surface area contributed by atoms with Crippen molar-refractivity contribution in [1.82, 2.24) is 15.6 Å². The molecule has 0 aliphatic heterocycles. The number of urea groups is 1. The number of amides is 2. The third-order valence-electron chi connectivity index (χ3n) is 3.57. The molecule has 5 heteroatoms. The molecule has 0 radical (unpaired) electrons. The number of hydrogen-bond donors (Lipinski definition) is 2. The topological polar surface area (TPSA) is 63.2 Å². The highest BCUT2D eigenvalue weighted by Gasteiger charge is 2.09. The van der Waals surface area contributed by atoms with Crippen LogP contribution in [0.5, 0.6) is 5.75 Å². The molecule has 0 bridgehead atoms. The van der Waals surface area contributed by atoms with Gasteiger partial charge in [0, 0.05) is 12.7 Å². The fourth-order valence-electron chi connectivity index (χ4n) is 2.24. The van der Waals surface area contributed by atoms with Crippen LogP contribution in [0.4, 0.5) is 4.79 Å². The number of rotatable bonds is 7. The normalized spacial score (nSPS) is 11.6. The highest BCUT2D eigenvalue weighted by atomic mass is 16.5. The van der Waals surface area contributed by atoms with E-state index in [9.17, 15) is 4.79 Å². The van der Waals surface area contributed by atoms with Crippen LogP contribution in [0, 0.1) is 0 Å². The summed E-state index contributed by atoms with van der Waals surface area (Å²) < 4.78 is 5.13. The van der Waals surface area contributed by atoms with Crippen molar-refractivity contribution in [3.8, 4) is 5.75 Å². The first-order valence-corrected chi connectivity index (χ1v) is 7.77. The minimum atomic E-state index is -0.169. The summed E-state index contributed by atoms with van der Waals surface area (Å²) in [6.45, 7) is 2.55. The first kappa shape index (κ1) is 16.8. The summed E-state index contributed by atoms with van der Waals surface area (Å²) in [7, 11) is 1.66. The lowest BCUT2D eigenvalue weighted by atomic mass is 10.1. The van der Waals surface area contributed by atoms with Crippen LogP contribution in [0.15, 0.2) is 48.7 Å². The van der Waals surface area contributed by atoms with Gasteiger partial charge in [-0.05, 0) is 49.6 Å². The highest BCUT2D eigenvalue weighted by Crippen LogP contribution is 2.12. The second kappa shape index (κ2) is 8.78. The SMILES string of the molecule is COc1ccc(CCCNC(=O)N[C@@H](C)c2ccccn2)cc1. The summed E-state index contributed by atoms with van der Waals surface area (Å²) in [5, 5.41) is 5.75. The Morgan fingerprint density at radius 3 is 2.65 bits per heavy atom. The van der Waals surface area contributed by atoms with Crippen molar-refractivity contribution < 1.29 is 9.53 Å². The second-order valence-corrected chi connectivity index (χ2v) is 5.33. The molecule has 1 aromatic carbocycles. The Hall–Kier alpha value is -2.56. The van der Waals surface area contributed by atoms with Crippen molar-refractivity contribution in [2.45, 2.75) is 25.8 Å². The molecular weight excluding hydrogens is 290 g/mol. The van der Waals surface area contributed by atoms with E-state index in [1.54, 1.807) is 13.3 Å². The van der Waals surface area contributed by atoms with Crippen LogP contribution < -0.4 is 15.4 Å². The average Bonchev–Trinajstić information content (AvgIpc) is 2.60. The largest absolute Gasteiger partial charge is 0.497 e. The van der Waals surface area contributed by atoms with Crippen LogP contribution >= 0.6 is 0 Å². The van der Waals surface area contributed by atoms with E-state index in [2.05, 4.69) is 15.6 Å². The number of pyridine rings is 1. The van der Waals surface area contributed by atoms with Gasteiger partial charge < -0.3 is 15.4 Å². The number of methoxy groups -OCH3 is 1. The van der Waals surface area contributed by atoms with Crippen molar-refractivity contribution in [2.24, 2.45) is 0 Å². The molecule has 0 aliphatic rings. The van der Waals surface area contributed by atoms with E-state index in [-0.39, 0.29) is 12.1 Å². The van der Waals surface area contributed by atoms with Crippen molar-refractivity contribution in [1.29, 1.82) is 0 Å². The van der Waals surface area contributed by atoms with Gasteiger partial charge in [-0.15, -0.1) is 0 Å². The molecule has 0 saturated carbocycles. The minimum Gasteiger partial charge on any atom is -0.497 e. The highest BCUT2D eigenvalue weighted by molar-refractivity contribution is 5.74. The Bertz CT molecular complexity index is 599. The Balaban J connectivity index is 1.66. The van der Waals surface area contributed by atoms with E-state index in [0.29, 0.717) is 6.54 Å². The van der Waals surface area contributed by atoms with Gasteiger partial charge in [-0.25, -0.2) is 4.79 Å². The van der Waals surface area contributed by atoms with Gasteiger partial charge in [0.15, 0.2) is 0 Å². The van der Waals surface area contributed by atoms with Crippen molar-refractivity contribution in [3.05, 3.63) is 59.9 Å². The van der Waals surface area contributed by atoms with E-state index in [1.807, 2.05) is 49.4 Å². The molecule has 2 aromatic rings. The summed E-state index contributed by atoms with van der Waals surface area (Å²) in [6, 6.07) is 13.4. The van der Waals surface area contributed by atoms with E-state index >= 15 is 0 Å². The molecule has 2 rings (SSSR count). The number of aryl methyl sites for hydroxylation is 1. The van der Waals surface area contributed by atoms with Gasteiger partial charge in [0.25, 0.3) is 0 Å². The molecular formula is C18H23N3O2. The van der Waals surface area contributed by atoms with Crippen LogP contribution in [0.2, 0.25) is 0 Å². The smallest absolute Gasteiger partial charge is 0.315 e. The summed E-state index contributed by atoms with van der Waals surface area (Å²) in [4.78, 5) is 16.1. The molecule has 0 spiro atoms. The average molecular weight is 313 g/mol. The maximum atomic E-state index is 11.9. The first-order chi connectivity index (χ1) is 11.2. The third-order valence-corrected chi connectivity index (χ3v) is 3.57. The predicted octanol–water partition coefficient (Wildman–Crippen LogP) is 3.08. The van der Waals surface area contributed by atoms with Gasteiger partial charge in [0.05, 0.1) is 18.8 Å². The maximum absolute atomic E-state index is 11.9. The van der Waals surface area contributed by atoms with Gasteiger partial charge in [-0.3, -0.25) is 4.98 Å². The Labute approximate surface area is 137 Å². The van der Waals surface area contributed by atoms with E-state index in [4.69, 9.17) is 4.74 Å². The molecule has 2 N–H and O–H groups in total. The fourth-order valence-corrected chi connectivity index (χ4v) is 2.24. The number of aromatic nitrogens is 1. The van der Waals surface area contributed by atoms with Crippen LogP contribution in [0.1, 0.15) is 30.6 Å². The molecule has 1 heterocycles. The summed E-state index contributed by atoms with van der Waals surface area (Å²) >= 11 is 0. The summed E-state index contributed by atoms with van der Waals surface area (Å²) in [5.41, 5.74) is 2.08. The van der Waals surface area contributed by atoms with Crippen LogP contribution in [0.25, 0.3) is 0 Å². The van der Waals surface area contributed by atoms with Gasteiger partial charge in [0.2, 0.25) is 0 Å². The van der Waals surface area contributed by atoms with Crippen LogP contribution in [0.3, 0.4) is 0 Å². The van der Waals surface area contributed by atoms with Gasteiger partial charge in [-0.2, -0.15) is 0 Å². The molecule has 0 unspecified atom stereocenters. The van der Waals surface area contributed by atoms with Crippen LogP contribution in [-0.4, -0.2) is 24.7 Å². The standard InChI is InChI=1S/C18H23N3O2/c1-14(17-7-3-4-12-19-17)21-18(22)20-13-5-6-15-8-10-16(23-2)11-9-15/h3-4,7-12,14H,5-6,13H2,1-2H3,(H2,20,21,22)/t14-/m0/s1. The number of ether oxygens (including phenoxy) is 1. The van der Waals surface area contributed by atoms with Crippen molar-refractivity contribution in [2.75, 3.05) is 13.7 Å². The zero-order valence-corrected chi connectivity index (χ0v) is 13.6. The summed E-state index contributed by atoms with van der Waals surface area (Å²) in [6.07, 6.45) is 3.53. The predicted molar refractivity (Wildman–Crippen MR) is 90.5 cm³/mol. The molecule has 0 aliphatic carbocycles. The molecule has 1 atom stereocenters. The lowest BCUT2D eigenvalue weighted by molar-refractivity contribution is 0.237. The van der Waals surface area contributed by atoms with Gasteiger partial charge in [0.1, 0.15) is 5.75 Å². The van der Waals surface area contributed by atoms with Crippen LogP contribution in [-0.2, 0) is 6.42 Å². The molecule has 0 saturated heterocycles. The Morgan fingerprint density at radius 2 is 2.00 bits per heavy atom. The zero-order valence-electron chi connectivity index (χ0n) is 13.6. The number of carbonyl (C=O) groups is 1. The second-order valence-electron chi connectivity index (χ2n) is 5.33. The summed E-state index contributed by atoms with van der Waals surface area (Å²) in [5.74, 6) is 0.856. The molecule has 122 valence electrons. The first-order valence-electron chi connectivity index (χ1n) is 7.77. The van der Waals surface area contributed by atoms with Gasteiger partial charge >= 0.3 is 6.03 Å².